The van der Waals surface area contributed by atoms with Crippen molar-refractivity contribution in [1.29, 1.82) is 0 Å². The number of amides is 2. The number of rotatable bonds is 5. The lowest BCUT2D eigenvalue weighted by Gasteiger charge is -2.35. The van der Waals surface area contributed by atoms with Crippen LogP contribution in [-0.4, -0.2) is 59.8 Å². The Balaban J connectivity index is 1.35. The van der Waals surface area contributed by atoms with Gasteiger partial charge in [-0.2, -0.15) is 0 Å². The van der Waals surface area contributed by atoms with Crippen LogP contribution in [0.15, 0.2) is 42.5 Å². The van der Waals surface area contributed by atoms with Crippen molar-refractivity contribution >= 4 is 39.1 Å². The maximum atomic E-state index is 12.8. The molecule has 1 aliphatic rings. The van der Waals surface area contributed by atoms with E-state index < -0.39 is 0 Å². The second-order valence-corrected chi connectivity index (χ2v) is 9.81. The third kappa shape index (κ3) is 4.84. The first-order valence-electron chi connectivity index (χ1n) is 11.1. The van der Waals surface area contributed by atoms with Gasteiger partial charge < -0.3 is 10.2 Å². The topological polar surface area (TPSA) is 65.5 Å². The van der Waals surface area contributed by atoms with Gasteiger partial charge in [0.05, 0.1) is 16.3 Å². The van der Waals surface area contributed by atoms with Gasteiger partial charge in [0.25, 0.3) is 0 Å². The number of nitrogens with zero attached hydrogens (tertiary/aromatic N) is 3. The summed E-state index contributed by atoms with van der Waals surface area (Å²) < 4.78 is 1.18. The monoisotopic (exact) mass is 450 g/mol. The van der Waals surface area contributed by atoms with E-state index in [1.54, 1.807) is 30.3 Å². The first kappa shape index (κ1) is 22.4. The third-order valence-electron chi connectivity index (χ3n) is 6.19. The number of carbonyl (C=O) groups is 2. The van der Waals surface area contributed by atoms with Gasteiger partial charge in [-0.25, -0.2) is 4.98 Å². The number of aromatic nitrogens is 1. The second-order valence-electron chi connectivity index (χ2n) is 8.78. The Bertz CT molecular complexity index is 1110. The molecule has 3 aromatic rings. The molecule has 1 atom stereocenters. The van der Waals surface area contributed by atoms with E-state index in [2.05, 4.69) is 35.3 Å². The first-order valence-corrected chi connectivity index (χ1v) is 11.9. The quantitative estimate of drug-likeness (QED) is 0.626. The van der Waals surface area contributed by atoms with Crippen molar-refractivity contribution in [2.75, 3.05) is 32.5 Å². The van der Waals surface area contributed by atoms with E-state index in [4.69, 9.17) is 4.98 Å². The van der Waals surface area contributed by atoms with Crippen molar-refractivity contribution in [3.63, 3.8) is 0 Å². The molecular formula is C25H30N4O2S. The van der Waals surface area contributed by atoms with Crippen molar-refractivity contribution in [3.8, 4) is 10.6 Å². The largest absolute Gasteiger partial charge is 0.349 e. The molecule has 1 aromatic heterocycles. The molecule has 1 aliphatic heterocycles. The lowest BCUT2D eigenvalue weighted by atomic mass is 9.94. The fourth-order valence-electron chi connectivity index (χ4n) is 4.16. The Morgan fingerprint density at radius 2 is 1.81 bits per heavy atom. The van der Waals surface area contributed by atoms with Crippen molar-refractivity contribution in [2.45, 2.75) is 32.7 Å². The van der Waals surface area contributed by atoms with Crippen LogP contribution in [0.3, 0.4) is 0 Å². The Labute approximate surface area is 193 Å². The molecule has 1 N–H and O–H groups in total. The minimum Gasteiger partial charge on any atom is -0.349 e. The van der Waals surface area contributed by atoms with Gasteiger partial charge in [0.15, 0.2) is 0 Å². The van der Waals surface area contributed by atoms with Gasteiger partial charge in [0.1, 0.15) is 5.01 Å². The smallest absolute Gasteiger partial charge is 0.241 e. The van der Waals surface area contributed by atoms with Crippen LogP contribution in [0, 0.1) is 12.8 Å². The molecule has 1 saturated heterocycles. The number of nitrogens with one attached hydrogen (secondary N) is 1. The summed E-state index contributed by atoms with van der Waals surface area (Å²) >= 11 is 1.68. The van der Waals surface area contributed by atoms with Crippen LogP contribution in [0.1, 0.15) is 25.3 Å². The highest BCUT2D eigenvalue weighted by molar-refractivity contribution is 7.21. The molecular weight excluding hydrogens is 420 g/mol. The number of anilines is 1. The highest BCUT2D eigenvalue weighted by atomic mass is 32.1. The normalized spacial score (nSPS) is 16.1. The van der Waals surface area contributed by atoms with E-state index >= 15 is 0 Å². The van der Waals surface area contributed by atoms with Crippen molar-refractivity contribution < 1.29 is 9.59 Å². The predicted octanol–water partition coefficient (Wildman–Crippen LogP) is 4.40. The van der Waals surface area contributed by atoms with Gasteiger partial charge in [0, 0.05) is 31.3 Å². The zero-order chi connectivity index (χ0) is 22.8. The van der Waals surface area contributed by atoms with Crippen LogP contribution in [0.2, 0.25) is 0 Å². The SMILES string of the molecule is Cc1ccc2nc(-c3ccc(NC(=O)C(C)N4CCC(C(=O)N(C)C)CC4)cc3)sc2c1. The van der Waals surface area contributed by atoms with E-state index in [0.717, 1.165) is 47.7 Å². The Hall–Kier alpha value is -2.77. The van der Waals surface area contributed by atoms with Crippen LogP contribution >= 0.6 is 11.3 Å². The van der Waals surface area contributed by atoms with E-state index in [1.807, 2.05) is 31.2 Å². The van der Waals surface area contributed by atoms with Crippen molar-refractivity contribution in [1.82, 2.24) is 14.8 Å². The average molecular weight is 451 g/mol. The molecule has 0 bridgehead atoms. The average Bonchev–Trinajstić information content (AvgIpc) is 3.21. The predicted molar refractivity (Wildman–Crippen MR) is 131 cm³/mol. The molecule has 168 valence electrons. The van der Waals surface area contributed by atoms with Gasteiger partial charge in [0.2, 0.25) is 11.8 Å². The molecule has 2 amide bonds. The maximum absolute atomic E-state index is 12.8. The number of benzene rings is 2. The number of hydrogen-bond acceptors (Lipinski definition) is 5. The molecule has 4 rings (SSSR count). The summed E-state index contributed by atoms with van der Waals surface area (Å²) in [6.45, 7) is 5.54. The van der Waals surface area contributed by atoms with Crippen LogP contribution in [0.25, 0.3) is 20.8 Å². The van der Waals surface area contributed by atoms with Crippen LogP contribution in [0.4, 0.5) is 5.69 Å². The first-order chi connectivity index (χ1) is 15.3. The number of fused-ring (bicyclic) bond motifs is 1. The zero-order valence-corrected chi connectivity index (χ0v) is 19.9. The summed E-state index contributed by atoms with van der Waals surface area (Å²) in [6.07, 6.45) is 1.59. The fraction of sp³-hybridized carbons (Fsp3) is 0.400. The summed E-state index contributed by atoms with van der Waals surface area (Å²) in [5.41, 5.74) is 4.06. The van der Waals surface area contributed by atoms with Gasteiger partial charge in [-0.3, -0.25) is 14.5 Å². The maximum Gasteiger partial charge on any atom is 0.241 e. The fourth-order valence-corrected chi connectivity index (χ4v) is 5.23. The number of thiazole rings is 1. The molecule has 32 heavy (non-hydrogen) atoms. The Morgan fingerprint density at radius 3 is 2.47 bits per heavy atom. The minimum absolute atomic E-state index is 0.0226. The number of carbonyl (C=O) groups excluding carboxylic acids is 2. The zero-order valence-electron chi connectivity index (χ0n) is 19.1. The van der Waals surface area contributed by atoms with Crippen molar-refractivity contribution in [2.24, 2.45) is 5.92 Å². The number of hydrogen-bond donors (Lipinski definition) is 1. The second kappa shape index (κ2) is 9.38. The highest BCUT2D eigenvalue weighted by Gasteiger charge is 2.30. The van der Waals surface area contributed by atoms with Gasteiger partial charge in [-0.05, 0) is 81.7 Å². The molecule has 1 fully saturated rings. The summed E-state index contributed by atoms with van der Waals surface area (Å²) in [7, 11) is 3.60. The molecule has 2 heterocycles. The highest BCUT2D eigenvalue weighted by Crippen LogP contribution is 2.31. The molecule has 2 aromatic carbocycles. The van der Waals surface area contributed by atoms with Crippen molar-refractivity contribution in [3.05, 3.63) is 48.0 Å². The standard InChI is InChI=1S/C25H30N4O2S/c1-16-5-10-21-22(15-16)32-24(27-21)18-6-8-20(9-7-18)26-23(30)17(2)29-13-11-19(12-14-29)25(31)28(3)4/h5-10,15,17,19H,11-14H2,1-4H3,(H,26,30). The minimum atomic E-state index is -0.238. The number of piperidine rings is 1. The van der Waals surface area contributed by atoms with Gasteiger partial charge in [-0.15, -0.1) is 11.3 Å². The molecule has 0 spiro atoms. The molecule has 0 aliphatic carbocycles. The summed E-state index contributed by atoms with van der Waals surface area (Å²) in [5, 5.41) is 4.01. The number of likely N-dealkylation sites (tertiary alicyclic amines) is 1. The Kier molecular flexibility index (Phi) is 6.58. The summed E-state index contributed by atoms with van der Waals surface area (Å²) in [4.78, 5) is 33.5. The lowest BCUT2D eigenvalue weighted by Crippen LogP contribution is -2.48. The van der Waals surface area contributed by atoms with Crippen LogP contribution < -0.4 is 5.32 Å². The van der Waals surface area contributed by atoms with Crippen LogP contribution in [-0.2, 0) is 9.59 Å². The molecule has 0 radical (unpaired) electrons. The van der Waals surface area contributed by atoms with Crippen LogP contribution in [0.5, 0.6) is 0 Å². The van der Waals surface area contributed by atoms with E-state index in [-0.39, 0.29) is 23.8 Å². The van der Waals surface area contributed by atoms with Gasteiger partial charge in [-0.1, -0.05) is 6.07 Å². The van der Waals surface area contributed by atoms with E-state index in [0.29, 0.717) is 0 Å². The molecule has 1 unspecified atom stereocenters. The summed E-state index contributed by atoms with van der Waals surface area (Å²) in [5.74, 6) is 0.228. The third-order valence-corrected chi connectivity index (χ3v) is 7.26. The summed E-state index contributed by atoms with van der Waals surface area (Å²) in [6, 6.07) is 13.9. The van der Waals surface area contributed by atoms with E-state index in [9.17, 15) is 9.59 Å². The van der Waals surface area contributed by atoms with E-state index in [1.165, 1.54) is 10.3 Å². The van der Waals surface area contributed by atoms with Gasteiger partial charge >= 0.3 is 0 Å². The Morgan fingerprint density at radius 1 is 1.12 bits per heavy atom. The lowest BCUT2D eigenvalue weighted by molar-refractivity contribution is -0.134. The number of aryl methyl sites for hydroxylation is 1. The molecule has 0 saturated carbocycles. The molecule has 7 heteroatoms. The molecule has 6 nitrogen and oxygen atoms in total.